The van der Waals surface area contributed by atoms with Crippen LogP contribution < -0.4 is 7.52 Å². The van der Waals surface area contributed by atoms with E-state index in [1.807, 2.05) is 0 Å². The van der Waals surface area contributed by atoms with Crippen LogP contribution in [0.3, 0.4) is 0 Å². The molecule has 0 bridgehead atoms. The van der Waals surface area contributed by atoms with Gasteiger partial charge in [0.05, 0.1) is 0 Å². The predicted octanol–water partition coefficient (Wildman–Crippen LogP) is -3.24. The second kappa shape index (κ2) is 4.06. The molecule has 0 aromatic heterocycles. The summed E-state index contributed by atoms with van der Waals surface area (Å²) in [7, 11) is 0. The van der Waals surface area contributed by atoms with Crippen molar-refractivity contribution in [2.45, 2.75) is 0 Å². The number of hydrogen-bond acceptors (Lipinski definition) is 10. The molecular weight excluding hydrogens is 448 g/mol. The summed E-state index contributed by atoms with van der Waals surface area (Å²) in [5, 5.41) is 0. The molecule has 13 heteroatoms. The molecule has 0 aliphatic rings. The van der Waals surface area contributed by atoms with Gasteiger partial charge in [-0.1, -0.05) is 0 Å². The average molecular weight is 448 g/mol. The Kier molecular flexibility index (Phi) is 4.28. The van der Waals surface area contributed by atoms with Crippen molar-refractivity contribution < 1.29 is 82.2 Å². The van der Waals surface area contributed by atoms with Crippen molar-refractivity contribution in [2.75, 3.05) is 0 Å². The summed E-state index contributed by atoms with van der Waals surface area (Å²) in [6.45, 7) is 0. The maximum atomic E-state index is 10.2. The maximum absolute atomic E-state index is 10.2. The van der Waals surface area contributed by atoms with Crippen molar-refractivity contribution in [1.82, 2.24) is 0 Å². The van der Waals surface area contributed by atoms with E-state index >= 15 is 0 Å². The third-order valence-electron chi connectivity index (χ3n) is 0.333. The molecule has 10 nitrogen and oxygen atoms in total. The van der Waals surface area contributed by atoms with Gasteiger partial charge in [0, 0.05) is 0 Å². The summed E-state index contributed by atoms with van der Waals surface area (Å²) < 4.78 is 84.6. The van der Waals surface area contributed by atoms with E-state index in [-0.39, 0.29) is 0 Å². The molecule has 0 fully saturated rings. The Hall–Kier alpha value is 0.705. The van der Waals surface area contributed by atoms with Crippen molar-refractivity contribution in [2.24, 2.45) is 0 Å². The zero-order valence-corrected chi connectivity index (χ0v) is 11.3. The molecular formula is Mo3O10-2. The fourth-order valence-corrected chi connectivity index (χ4v) is 9.49. The van der Waals surface area contributed by atoms with Gasteiger partial charge in [0.2, 0.25) is 0 Å². The zero-order chi connectivity index (χ0) is 10.9. The fourth-order valence-electron chi connectivity index (χ4n) is 0.215. The van der Waals surface area contributed by atoms with Gasteiger partial charge in [-0.25, -0.2) is 0 Å². The number of rotatable bonds is 4. The Morgan fingerprint density at radius 3 is 1.08 bits per heavy atom. The standard InChI is InChI=1S/3Mo.10O/q;;;;;;;;;;;2*-1. The van der Waals surface area contributed by atoms with Crippen LogP contribution in [0.4, 0.5) is 0 Å². The zero-order valence-electron chi connectivity index (χ0n) is 5.31. The van der Waals surface area contributed by atoms with Crippen molar-refractivity contribution in [3.05, 3.63) is 0 Å². The summed E-state index contributed by atoms with van der Waals surface area (Å²) in [4.78, 5) is 0. The fraction of sp³-hybridized carbons (Fsp3) is 0. The van der Waals surface area contributed by atoms with Crippen LogP contribution in [0, 0.1) is 0 Å². The van der Waals surface area contributed by atoms with Gasteiger partial charge in [-0.05, 0) is 0 Å². The predicted molar refractivity (Wildman–Crippen MR) is 6.29 cm³/mol. The molecule has 0 aromatic carbocycles. The first kappa shape index (κ1) is 13.7. The number of hydrogen-bond donors (Lipinski definition) is 0. The van der Waals surface area contributed by atoms with Gasteiger partial charge in [-0.2, -0.15) is 0 Å². The van der Waals surface area contributed by atoms with Gasteiger partial charge in [-0.15, -0.1) is 0 Å². The van der Waals surface area contributed by atoms with Crippen LogP contribution in [0.25, 0.3) is 0 Å². The second-order valence-electron chi connectivity index (χ2n) is 1.36. The first-order chi connectivity index (χ1) is 5.41. The van der Waals surface area contributed by atoms with Gasteiger partial charge >= 0.3 is 82.2 Å². The Balaban J connectivity index is 4.86. The molecule has 0 saturated heterocycles. The van der Waals surface area contributed by atoms with Crippen LogP contribution in [0.5, 0.6) is 0 Å². The monoisotopic (exact) mass is 454 g/mol. The van der Waals surface area contributed by atoms with Crippen LogP contribution in [0.15, 0.2) is 0 Å². The van der Waals surface area contributed by atoms with Crippen LogP contribution in [-0.2, 0) is 74.7 Å². The molecule has 0 aliphatic carbocycles. The van der Waals surface area contributed by atoms with Gasteiger partial charge in [0.1, 0.15) is 0 Å². The van der Waals surface area contributed by atoms with Gasteiger partial charge in [0.15, 0.2) is 0 Å². The van der Waals surface area contributed by atoms with E-state index in [0.717, 1.165) is 0 Å². The normalized spacial score (nSPS) is 14.3. The van der Waals surface area contributed by atoms with E-state index in [4.69, 9.17) is 0 Å². The van der Waals surface area contributed by atoms with Crippen LogP contribution in [0.1, 0.15) is 0 Å². The van der Waals surface area contributed by atoms with E-state index in [0.29, 0.717) is 0 Å². The molecule has 0 unspecified atom stereocenters. The van der Waals surface area contributed by atoms with Crippen LogP contribution >= 0.6 is 0 Å². The Bertz CT molecular complexity index is 414. The van der Waals surface area contributed by atoms with E-state index in [9.17, 15) is 27.9 Å². The molecule has 0 aliphatic heterocycles. The van der Waals surface area contributed by atoms with Crippen molar-refractivity contribution in [3.8, 4) is 0 Å². The van der Waals surface area contributed by atoms with Gasteiger partial charge in [0.25, 0.3) is 0 Å². The van der Waals surface area contributed by atoms with Crippen LogP contribution in [0.2, 0.25) is 0 Å². The summed E-state index contributed by atoms with van der Waals surface area (Å²) in [5.74, 6) is 0. The Morgan fingerprint density at radius 2 is 0.923 bits per heavy atom. The first-order valence-electron chi connectivity index (χ1n) is 2.00. The Morgan fingerprint density at radius 1 is 0.692 bits per heavy atom. The molecule has 0 aromatic rings. The quantitative estimate of drug-likeness (QED) is 0.399. The molecule has 13 heavy (non-hydrogen) atoms. The first-order valence-corrected chi connectivity index (χ1v) is 11.8. The van der Waals surface area contributed by atoms with E-state index in [2.05, 4.69) is 4.09 Å². The third kappa shape index (κ3) is 9.02. The molecule has 0 amide bonds. The van der Waals surface area contributed by atoms with Gasteiger partial charge in [-0.3, -0.25) is 0 Å². The van der Waals surface area contributed by atoms with E-state index in [1.165, 1.54) is 0 Å². The minimum absolute atomic E-state index is 2.83. The van der Waals surface area contributed by atoms with Crippen molar-refractivity contribution >= 4 is 0 Å². The summed E-state index contributed by atoms with van der Waals surface area (Å²) in [6.07, 6.45) is 0. The molecule has 0 radical (unpaired) electrons. The average Bonchev–Trinajstić information content (AvgIpc) is 1.43. The van der Waals surface area contributed by atoms with Crippen molar-refractivity contribution in [1.29, 1.82) is 0 Å². The molecule has 0 N–H and O–H groups in total. The van der Waals surface area contributed by atoms with Gasteiger partial charge < -0.3 is 0 Å². The summed E-state index contributed by atoms with van der Waals surface area (Å²) >= 11 is -20.1. The summed E-state index contributed by atoms with van der Waals surface area (Å²) in [5.41, 5.74) is 0. The van der Waals surface area contributed by atoms with Crippen molar-refractivity contribution in [3.63, 3.8) is 0 Å². The second-order valence-corrected chi connectivity index (χ2v) is 12.0. The SMILES string of the molecule is [O]=[Mo](=[O])([O-])[O][Mo](=[O])(=[O])[O][Mo](=[O])(=[O])[O-]. The molecule has 80 valence electrons. The Labute approximate surface area is 81.6 Å². The molecule has 0 rings (SSSR count). The molecule has 0 atom stereocenters. The molecule has 0 spiro atoms. The molecule has 0 heterocycles. The minimum atomic E-state index is -6.71. The van der Waals surface area contributed by atoms with Crippen LogP contribution in [-0.4, -0.2) is 0 Å². The topological polar surface area (TPSA) is 167 Å². The summed E-state index contributed by atoms with van der Waals surface area (Å²) in [6, 6.07) is 0. The van der Waals surface area contributed by atoms with E-state index < -0.39 is 50.2 Å². The molecule has 0 saturated carbocycles. The third-order valence-corrected chi connectivity index (χ3v) is 11.7. The van der Waals surface area contributed by atoms with E-state index in [1.54, 1.807) is 0 Å².